The van der Waals surface area contributed by atoms with Gasteiger partial charge >= 0.3 is 0 Å². The highest BCUT2D eigenvalue weighted by Crippen LogP contribution is 2.36. The minimum Gasteiger partial charge on any atom is -0.496 e. The molecule has 0 unspecified atom stereocenters. The summed E-state index contributed by atoms with van der Waals surface area (Å²) in [6, 6.07) is 8.37. The molecule has 1 N–H and O–H groups in total. The molecule has 1 aromatic carbocycles. The highest BCUT2D eigenvalue weighted by Gasteiger charge is 2.37. The van der Waals surface area contributed by atoms with Gasteiger partial charge in [0.15, 0.2) is 0 Å². The Balaban J connectivity index is 1.63. The SMILES string of the molecule is COc1ccc(S(=O)(=O)N2CCC[C@H]2c2cncc(Nc3ncccc3C)n2)cc1C. The van der Waals surface area contributed by atoms with Crippen LogP contribution in [0.3, 0.4) is 0 Å². The molecule has 8 nitrogen and oxygen atoms in total. The van der Waals surface area contributed by atoms with Crippen molar-refractivity contribution in [2.45, 2.75) is 37.6 Å². The first kappa shape index (κ1) is 21.2. The molecule has 1 aliphatic rings. The van der Waals surface area contributed by atoms with Crippen molar-refractivity contribution in [3.8, 4) is 5.75 Å². The molecule has 162 valence electrons. The molecule has 1 fully saturated rings. The smallest absolute Gasteiger partial charge is 0.243 e. The fourth-order valence-corrected chi connectivity index (χ4v) is 5.56. The van der Waals surface area contributed by atoms with E-state index in [1.54, 1.807) is 43.9 Å². The number of aromatic nitrogens is 3. The van der Waals surface area contributed by atoms with Gasteiger partial charge in [0.1, 0.15) is 17.4 Å². The van der Waals surface area contributed by atoms with Crippen LogP contribution in [0.2, 0.25) is 0 Å². The lowest BCUT2D eigenvalue weighted by atomic mass is 10.2. The highest BCUT2D eigenvalue weighted by atomic mass is 32.2. The fraction of sp³-hybridized carbons (Fsp3) is 0.318. The summed E-state index contributed by atoms with van der Waals surface area (Å²) in [4.78, 5) is 13.5. The van der Waals surface area contributed by atoms with Crippen molar-refractivity contribution in [1.82, 2.24) is 19.3 Å². The maximum Gasteiger partial charge on any atom is 0.243 e. The summed E-state index contributed by atoms with van der Waals surface area (Å²) >= 11 is 0. The lowest BCUT2D eigenvalue weighted by Crippen LogP contribution is -2.31. The Morgan fingerprint density at radius 1 is 1.16 bits per heavy atom. The van der Waals surface area contributed by atoms with Gasteiger partial charge in [-0.1, -0.05) is 6.07 Å². The molecule has 0 aliphatic carbocycles. The van der Waals surface area contributed by atoms with Crippen molar-refractivity contribution in [2.75, 3.05) is 19.0 Å². The minimum absolute atomic E-state index is 0.254. The molecule has 1 saturated heterocycles. The van der Waals surface area contributed by atoms with Crippen molar-refractivity contribution in [3.05, 3.63) is 65.7 Å². The normalized spacial score (nSPS) is 16.9. The molecule has 4 rings (SSSR count). The van der Waals surface area contributed by atoms with Crippen LogP contribution in [0.5, 0.6) is 5.75 Å². The first-order valence-electron chi connectivity index (χ1n) is 10.1. The van der Waals surface area contributed by atoms with Gasteiger partial charge in [0.05, 0.1) is 36.1 Å². The predicted octanol–water partition coefficient (Wildman–Crippen LogP) is 3.77. The van der Waals surface area contributed by atoms with Crippen molar-refractivity contribution in [2.24, 2.45) is 0 Å². The summed E-state index contributed by atoms with van der Waals surface area (Å²) in [6.07, 6.45) is 6.40. The molecule has 2 aromatic heterocycles. The average molecular weight is 440 g/mol. The van der Waals surface area contributed by atoms with E-state index < -0.39 is 10.0 Å². The Morgan fingerprint density at radius 2 is 2.00 bits per heavy atom. The van der Waals surface area contributed by atoms with E-state index in [9.17, 15) is 8.42 Å². The number of ether oxygens (including phenoxy) is 1. The molecule has 0 amide bonds. The van der Waals surface area contributed by atoms with Crippen LogP contribution in [0.1, 0.15) is 35.7 Å². The Hall–Kier alpha value is -3.04. The zero-order valence-corrected chi connectivity index (χ0v) is 18.6. The van der Waals surface area contributed by atoms with Crippen molar-refractivity contribution in [1.29, 1.82) is 0 Å². The Morgan fingerprint density at radius 3 is 2.74 bits per heavy atom. The van der Waals surface area contributed by atoms with Crippen LogP contribution in [-0.4, -0.2) is 41.3 Å². The third-order valence-electron chi connectivity index (χ3n) is 5.43. The van der Waals surface area contributed by atoms with E-state index in [2.05, 4.69) is 20.3 Å². The summed E-state index contributed by atoms with van der Waals surface area (Å²) in [5.74, 6) is 1.88. The molecular formula is C22H25N5O3S. The number of sulfonamides is 1. The Kier molecular flexibility index (Phi) is 5.88. The van der Waals surface area contributed by atoms with Crippen LogP contribution >= 0.6 is 0 Å². The summed E-state index contributed by atoms with van der Waals surface area (Å²) in [6.45, 7) is 4.23. The molecule has 1 aliphatic heterocycles. The second-order valence-corrected chi connectivity index (χ2v) is 9.42. The van der Waals surface area contributed by atoms with Gasteiger partial charge < -0.3 is 10.1 Å². The minimum atomic E-state index is -3.68. The Labute approximate surface area is 182 Å². The number of pyridine rings is 1. The van der Waals surface area contributed by atoms with Crippen LogP contribution < -0.4 is 10.1 Å². The van der Waals surface area contributed by atoms with Gasteiger partial charge in [-0.2, -0.15) is 4.31 Å². The molecule has 3 aromatic rings. The number of anilines is 2. The molecule has 0 spiro atoms. The van der Waals surface area contributed by atoms with Gasteiger partial charge in [0.2, 0.25) is 10.0 Å². The number of hydrogen-bond acceptors (Lipinski definition) is 7. The monoisotopic (exact) mass is 439 g/mol. The summed E-state index contributed by atoms with van der Waals surface area (Å²) < 4.78 is 33.6. The number of hydrogen-bond donors (Lipinski definition) is 1. The van der Waals surface area contributed by atoms with Crippen LogP contribution in [0.4, 0.5) is 11.6 Å². The fourth-order valence-electron chi connectivity index (χ4n) is 3.81. The van der Waals surface area contributed by atoms with E-state index >= 15 is 0 Å². The van der Waals surface area contributed by atoms with Crippen LogP contribution in [0.25, 0.3) is 0 Å². The molecule has 0 radical (unpaired) electrons. The summed E-state index contributed by atoms with van der Waals surface area (Å²) in [7, 11) is -2.12. The summed E-state index contributed by atoms with van der Waals surface area (Å²) in [5, 5.41) is 3.17. The zero-order valence-electron chi connectivity index (χ0n) is 17.7. The van der Waals surface area contributed by atoms with Gasteiger partial charge in [0.25, 0.3) is 0 Å². The van der Waals surface area contributed by atoms with E-state index in [0.29, 0.717) is 36.0 Å². The second kappa shape index (κ2) is 8.60. The van der Waals surface area contributed by atoms with Crippen LogP contribution in [-0.2, 0) is 10.0 Å². The quantitative estimate of drug-likeness (QED) is 0.624. The molecule has 3 heterocycles. The molecule has 31 heavy (non-hydrogen) atoms. The van der Waals surface area contributed by atoms with E-state index in [1.165, 1.54) is 4.31 Å². The summed E-state index contributed by atoms with van der Waals surface area (Å²) in [5.41, 5.74) is 2.37. The predicted molar refractivity (Wildman–Crippen MR) is 118 cm³/mol. The molecule has 9 heteroatoms. The van der Waals surface area contributed by atoms with E-state index in [4.69, 9.17) is 4.74 Å². The number of aryl methyl sites for hydroxylation is 2. The van der Waals surface area contributed by atoms with E-state index in [-0.39, 0.29) is 10.9 Å². The van der Waals surface area contributed by atoms with E-state index in [1.807, 2.05) is 26.0 Å². The van der Waals surface area contributed by atoms with Crippen molar-refractivity contribution < 1.29 is 13.2 Å². The van der Waals surface area contributed by atoms with Gasteiger partial charge in [-0.05, 0) is 62.1 Å². The maximum absolute atomic E-state index is 13.4. The Bertz CT molecular complexity index is 1200. The van der Waals surface area contributed by atoms with E-state index in [0.717, 1.165) is 17.5 Å². The molecule has 0 bridgehead atoms. The lowest BCUT2D eigenvalue weighted by molar-refractivity contribution is 0.389. The number of methoxy groups -OCH3 is 1. The first-order chi connectivity index (χ1) is 14.9. The largest absolute Gasteiger partial charge is 0.496 e. The molecule has 1 atom stereocenters. The first-order valence-corrected chi connectivity index (χ1v) is 11.5. The van der Waals surface area contributed by atoms with Crippen LogP contribution in [0.15, 0.2) is 53.8 Å². The van der Waals surface area contributed by atoms with Crippen LogP contribution in [0, 0.1) is 13.8 Å². The zero-order chi connectivity index (χ0) is 22.0. The highest BCUT2D eigenvalue weighted by molar-refractivity contribution is 7.89. The second-order valence-electron chi connectivity index (χ2n) is 7.53. The lowest BCUT2D eigenvalue weighted by Gasteiger charge is -2.24. The third-order valence-corrected chi connectivity index (χ3v) is 7.33. The van der Waals surface area contributed by atoms with Gasteiger partial charge in [-0.15, -0.1) is 0 Å². The molecule has 0 saturated carbocycles. The van der Waals surface area contributed by atoms with Gasteiger partial charge in [0, 0.05) is 12.7 Å². The average Bonchev–Trinajstić information content (AvgIpc) is 3.26. The maximum atomic E-state index is 13.4. The molecular weight excluding hydrogens is 414 g/mol. The number of nitrogens with zero attached hydrogens (tertiary/aromatic N) is 4. The van der Waals surface area contributed by atoms with Crippen molar-refractivity contribution >= 4 is 21.7 Å². The number of benzene rings is 1. The number of rotatable bonds is 6. The van der Waals surface area contributed by atoms with Gasteiger partial charge in [-0.3, -0.25) is 4.98 Å². The van der Waals surface area contributed by atoms with Gasteiger partial charge in [-0.25, -0.2) is 18.4 Å². The standard InChI is InChI=1S/C22H25N5O3S/c1-15-6-4-10-24-22(15)26-21-14-23-13-18(25-21)19-7-5-11-27(19)31(28,29)17-8-9-20(30-3)16(2)12-17/h4,6,8-10,12-14,19H,5,7,11H2,1-3H3,(H,24,25,26)/t19-/m0/s1. The van der Waals surface area contributed by atoms with Crippen molar-refractivity contribution in [3.63, 3.8) is 0 Å². The number of nitrogens with one attached hydrogen (secondary N) is 1. The third kappa shape index (κ3) is 4.24. The topological polar surface area (TPSA) is 97.3 Å².